The Balaban J connectivity index is 2.01. The van der Waals surface area contributed by atoms with Gasteiger partial charge in [0.1, 0.15) is 17.1 Å². The second-order valence-corrected chi connectivity index (χ2v) is 6.13. The molecule has 2 aromatic rings. The Labute approximate surface area is 157 Å². The van der Waals surface area contributed by atoms with Crippen molar-refractivity contribution >= 4 is 41.2 Å². The number of halogens is 1. The molecule has 10 heteroatoms. The molecule has 0 aliphatic carbocycles. The minimum Gasteiger partial charge on any atom is -0.456 e. The molecule has 27 heavy (non-hydrogen) atoms. The largest absolute Gasteiger partial charge is 0.456 e. The zero-order valence-electron chi connectivity index (χ0n) is 14.1. The van der Waals surface area contributed by atoms with E-state index in [2.05, 4.69) is 0 Å². The van der Waals surface area contributed by atoms with Crippen LogP contribution in [0.15, 0.2) is 40.3 Å². The Morgan fingerprint density at radius 3 is 2.30 bits per heavy atom. The number of imide groups is 2. The topological polar surface area (TPSA) is 114 Å². The van der Waals surface area contributed by atoms with Crippen molar-refractivity contribution in [3.63, 3.8) is 0 Å². The number of likely N-dealkylation sites (N-methyl/N-ethyl adjacent to an activating group) is 2. The Morgan fingerprint density at radius 1 is 1.07 bits per heavy atom. The average molecular weight is 390 g/mol. The number of carbonyl (C=O) groups is 3. The fraction of sp³-hybridized carbons (Fsp3) is 0.118. The molecule has 0 bridgehead atoms. The van der Waals surface area contributed by atoms with Crippen LogP contribution < -0.4 is 0 Å². The number of nitro groups is 1. The van der Waals surface area contributed by atoms with Crippen molar-refractivity contribution in [2.45, 2.75) is 0 Å². The van der Waals surface area contributed by atoms with Crippen molar-refractivity contribution in [1.82, 2.24) is 9.80 Å². The number of nitrogens with zero attached hydrogens (tertiary/aromatic N) is 3. The Hall–Kier alpha value is -3.46. The number of hydrogen-bond acceptors (Lipinski definition) is 6. The summed E-state index contributed by atoms with van der Waals surface area (Å²) in [5.41, 5.74) is -0.309. The van der Waals surface area contributed by atoms with Gasteiger partial charge < -0.3 is 4.42 Å². The van der Waals surface area contributed by atoms with E-state index in [9.17, 15) is 24.5 Å². The fourth-order valence-electron chi connectivity index (χ4n) is 2.56. The van der Waals surface area contributed by atoms with Gasteiger partial charge in [-0.3, -0.25) is 29.5 Å². The highest BCUT2D eigenvalue weighted by Crippen LogP contribution is 2.34. The lowest BCUT2D eigenvalue weighted by molar-refractivity contribution is -0.384. The summed E-state index contributed by atoms with van der Waals surface area (Å²) in [7, 11) is 2.51. The summed E-state index contributed by atoms with van der Waals surface area (Å²) in [5, 5.41) is 11.4. The Bertz CT molecular complexity index is 999. The third-order valence-corrected chi connectivity index (χ3v) is 4.21. The molecule has 1 aromatic heterocycles. The molecule has 0 N–H and O–H groups in total. The highest BCUT2D eigenvalue weighted by atomic mass is 35.5. The van der Waals surface area contributed by atoms with Crippen molar-refractivity contribution < 1.29 is 23.7 Å². The van der Waals surface area contributed by atoms with Crippen molar-refractivity contribution in [2.24, 2.45) is 0 Å². The molecule has 1 aromatic carbocycles. The van der Waals surface area contributed by atoms with Gasteiger partial charge in [0.25, 0.3) is 17.5 Å². The number of amides is 4. The minimum absolute atomic E-state index is 0.127. The highest BCUT2D eigenvalue weighted by molar-refractivity contribution is 6.31. The van der Waals surface area contributed by atoms with E-state index in [4.69, 9.17) is 16.0 Å². The number of rotatable bonds is 3. The summed E-state index contributed by atoms with van der Waals surface area (Å²) in [6, 6.07) is 6.30. The van der Waals surface area contributed by atoms with Crippen molar-refractivity contribution in [1.29, 1.82) is 0 Å². The predicted molar refractivity (Wildman–Crippen MR) is 94.7 cm³/mol. The molecule has 0 spiro atoms. The average Bonchev–Trinajstić information content (AvgIpc) is 3.10. The van der Waals surface area contributed by atoms with Crippen LogP contribution in [-0.2, 0) is 9.59 Å². The van der Waals surface area contributed by atoms with E-state index in [-0.39, 0.29) is 33.4 Å². The Morgan fingerprint density at radius 2 is 1.70 bits per heavy atom. The molecule has 0 saturated carbocycles. The van der Waals surface area contributed by atoms with Gasteiger partial charge >= 0.3 is 6.03 Å². The standard InChI is InChI=1S/C17H12ClN3O6/c1-19-15(22)12(16(23)20(2)17(19)24)8-10-4-6-14(27-10)11-5-3-9(18)7-13(11)21(25)26/h3-8H,1-2H3. The molecule has 0 atom stereocenters. The van der Waals surface area contributed by atoms with E-state index < -0.39 is 22.8 Å². The summed E-state index contributed by atoms with van der Waals surface area (Å²) in [5.74, 6) is -1.24. The quantitative estimate of drug-likeness (QED) is 0.345. The third kappa shape index (κ3) is 3.20. The third-order valence-electron chi connectivity index (χ3n) is 3.98. The van der Waals surface area contributed by atoms with Crippen LogP contribution in [-0.4, -0.2) is 46.7 Å². The van der Waals surface area contributed by atoms with E-state index >= 15 is 0 Å². The molecule has 3 rings (SSSR count). The van der Waals surface area contributed by atoms with Gasteiger partial charge in [-0.05, 0) is 30.3 Å². The van der Waals surface area contributed by atoms with Crippen LogP contribution in [0.4, 0.5) is 10.5 Å². The van der Waals surface area contributed by atoms with Gasteiger partial charge in [0.2, 0.25) is 0 Å². The number of hydrogen-bond donors (Lipinski definition) is 0. The van der Waals surface area contributed by atoms with Crippen LogP contribution in [0.2, 0.25) is 5.02 Å². The van der Waals surface area contributed by atoms with Gasteiger partial charge in [-0.2, -0.15) is 0 Å². The molecular formula is C17H12ClN3O6. The molecule has 0 radical (unpaired) electrons. The maximum Gasteiger partial charge on any atom is 0.333 e. The van der Waals surface area contributed by atoms with Crippen molar-refractivity contribution in [3.05, 3.63) is 56.8 Å². The molecule has 2 heterocycles. The predicted octanol–water partition coefficient (Wildman–Crippen LogP) is 2.94. The maximum absolute atomic E-state index is 12.2. The van der Waals surface area contributed by atoms with E-state index in [1.165, 1.54) is 50.5 Å². The first-order valence-electron chi connectivity index (χ1n) is 7.56. The summed E-state index contributed by atoms with van der Waals surface area (Å²) in [6.07, 6.45) is 1.19. The number of furan rings is 1. The summed E-state index contributed by atoms with van der Waals surface area (Å²) >= 11 is 5.80. The Kier molecular flexibility index (Phi) is 4.54. The van der Waals surface area contributed by atoms with E-state index in [0.717, 1.165) is 9.80 Å². The number of urea groups is 1. The highest BCUT2D eigenvalue weighted by Gasteiger charge is 2.38. The van der Waals surface area contributed by atoms with Gasteiger partial charge in [-0.15, -0.1) is 0 Å². The maximum atomic E-state index is 12.2. The first kappa shape index (κ1) is 18.3. The lowest BCUT2D eigenvalue weighted by Crippen LogP contribution is -2.52. The lowest BCUT2D eigenvalue weighted by Gasteiger charge is -2.28. The van der Waals surface area contributed by atoms with Crippen LogP contribution in [0.5, 0.6) is 0 Å². The van der Waals surface area contributed by atoms with Crippen LogP contribution >= 0.6 is 11.6 Å². The SMILES string of the molecule is CN1C(=O)C(=Cc2ccc(-c3ccc(Cl)cc3[N+](=O)[O-])o2)C(=O)N(C)C1=O. The molecule has 1 saturated heterocycles. The van der Waals surface area contributed by atoms with E-state index in [0.29, 0.717) is 0 Å². The summed E-state index contributed by atoms with van der Waals surface area (Å²) < 4.78 is 5.55. The van der Waals surface area contributed by atoms with E-state index in [1.807, 2.05) is 0 Å². The summed E-state index contributed by atoms with van der Waals surface area (Å²) in [6.45, 7) is 0. The number of carbonyl (C=O) groups excluding carboxylic acids is 3. The lowest BCUT2D eigenvalue weighted by atomic mass is 10.1. The zero-order chi connectivity index (χ0) is 19.9. The van der Waals surface area contributed by atoms with Gasteiger partial charge in [0, 0.05) is 25.2 Å². The second-order valence-electron chi connectivity index (χ2n) is 5.69. The van der Waals surface area contributed by atoms with Gasteiger partial charge in [-0.1, -0.05) is 11.6 Å². The normalized spacial score (nSPS) is 14.8. The van der Waals surface area contributed by atoms with Crippen LogP contribution in [0.25, 0.3) is 17.4 Å². The van der Waals surface area contributed by atoms with E-state index in [1.54, 1.807) is 0 Å². The van der Waals surface area contributed by atoms with Crippen LogP contribution in [0, 0.1) is 10.1 Å². The monoisotopic (exact) mass is 389 g/mol. The van der Waals surface area contributed by atoms with Crippen molar-refractivity contribution in [3.8, 4) is 11.3 Å². The van der Waals surface area contributed by atoms with Gasteiger partial charge in [-0.25, -0.2) is 4.79 Å². The van der Waals surface area contributed by atoms with Gasteiger partial charge in [0.05, 0.1) is 10.5 Å². The molecule has 1 aliphatic rings. The number of barbiturate groups is 1. The molecule has 9 nitrogen and oxygen atoms in total. The van der Waals surface area contributed by atoms with Gasteiger partial charge in [0.15, 0.2) is 0 Å². The molecule has 4 amide bonds. The van der Waals surface area contributed by atoms with Crippen molar-refractivity contribution in [2.75, 3.05) is 14.1 Å². The molecular weight excluding hydrogens is 378 g/mol. The molecule has 0 unspecified atom stereocenters. The molecule has 138 valence electrons. The second kappa shape index (κ2) is 6.69. The van der Waals surface area contributed by atoms with Crippen LogP contribution in [0.3, 0.4) is 0 Å². The smallest absolute Gasteiger partial charge is 0.333 e. The van der Waals surface area contributed by atoms with Crippen LogP contribution in [0.1, 0.15) is 5.76 Å². The minimum atomic E-state index is -0.765. The molecule has 1 fully saturated rings. The fourth-order valence-corrected chi connectivity index (χ4v) is 2.72. The number of benzene rings is 1. The first-order chi connectivity index (χ1) is 12.7. The zero-order valence-corrected chi connectivity index (χ0v) is 14.9. The molecule has 1 aliphatic heterocycles. The number of nitro benzene ring substituents is 1. The first-order valence-corrected chi connectivity index (χ1v) is 7.94. The summed E-state index contributed by atoms with van der Waals surface area (Å²) in [4.78, 5) is 48.4.